The number of rotatable bonds is 5. The fourth-order valence-electron chi connectivity index (χ4n) is 3.21. The topological polar surface area (TPSA) is 90.5 Å². The lowest BCUT2D eigenvalue weighted by Crippen LogP contribution is -2.23. The molecule has 3 rings (SSSR count). The van der Waals surface area contributed by atoms with Gasteiger partial charge in [-0.1, -0.05) is 0 Å². The summed E-state index contributed by atoms with van der Waals surface area (Å²) in [5, 5.41) is 15.3. The summed E-state index contributed by atoms with van der Waals surface area (Å²) in [6.45, 7) is 2.17. The van der Waals surface area contributed by atoms with E-state index in [0.717, 1.165) is 29.8 Å². The van der Waals surface area contributed by atoms with Crippen LogP contribution in [0.25, 0.3) is 11.3 Å². The maximum absolute atomic E-state index is 11.7. The van der Waals surface area contributed by atoms with Crippen LogP contribution < -0.4 is 0 Å². The zero-order chi connectivity index (χ0) is 18.0. The maximum atomic E-state index is 11.7. The predicted molar refractivity (Wildman–Crippen MR) is 90.7 cm³/mol. The second kappa shape index (κ2) is 7.02. The normalized spacial score (nSPS) is 17.6. The van der Waals surface area contributed by atoms with Gasteiger partial charge in [0.2, 0.25) is 0 Å². The minimum Gasteiger partial charge on any atom is -0.469 e. The number of nitro groups is 1. The Labute approximate surface area is 145 Å². The Morgan fingerprint density at radius 2 is 2.12 bits per heavy atom. The molecule has 1 fully saturated rings. The minimum atomic E-state index is -0.416. The van der Waals surface area contributed by atoms with Gasteiger partial charge in [-0.25, -0.2) is 0 Å². The summed E-state index contributed by atoms with van der Waals surface area (Å²) in [5.41, 5.74) is 2.73. The number of aryl methyl sites for hydroxylation is 1. The number of carbonyl (C=O) groups is 1. The molecule has 0 saturated carbocycles. The lowest BCUT2D eigenvalue weighted by molar-refractivity contribution is -0.384. The van der Waals surface area contributed by atoms with Crippen LogP contribution in [0.15, 0.2) is 30.5 Å². The molecule has 132 valence electrons. The van der Waals surface area contributed by atoms with Gasteiger partial charge in [-0.3, -0.25) is 24.5 Å². The Morgan fingerprint density at radius 1 is 1.40 bits per heavy atom. The van der Waals surface area contributed by atoms with Gasteiger partial charge in [-0.2, -0.15) is 5.10 Å². The van der Waals surface area contributed by atoms with Crippen molar-refractivity contribution in [3.8, 4) is 11.3 Å². The third-order valence-corrected chi connectivity index (χ3v) is 4.46. The highest BCUT2D eigenvalue weighted by molar-refractivity contribution is 5.73. The third kappa shape index (κ3) is 3.69. The van der Waals surface area contributed by atoms with Crippen molar-refractivity contribution in [3.63, 3.8) is 0 Å². The van der Waals surface area contributed by atoms with E-state index in [9.17, 15) is 14.9 Å². The fourth-order valence-corrected chi connectivity index (χ4v) is 3.21. The number of likely N-dealkylation sites (tertiary alicyclic amines) is 1. The minimum absolute atomic E-state index is 0.0571. The maximum Gasteiger partial charge on any atom is 0.310 e. The Balaban J connectivity index is 1.77. The van der Waals surface area contributed by atoms with Crippen LogP contribution in [0.1, 0.15) is 12.0 Å². The molecule has 8 heteroatoms. The Morgan fingerprint density at radius 3 is 2.76 bits per heavy atom. The second-order valence-electron chi connectivity index (χ2n) is 6.22. The Hall–Kier alpha value is -2.74. The van der Waals surface area contributed by atoms with E-state index in [0.29, 0.717) is 13.1 Å². The van der Waals surface area contributed by atoms with Gasteiger partial charge in [-0.05, 0) is 25.1 Å². The van der Waals surface area contributed by atoms with Crippen molar-refractivity contribution < 1.29 is 14.5 Å². The third-order valence-electron chi connectivity index (χ3n) is 4.46. The van der Waals surface area contributed by atoms with E-state index < -0.39 is 4.92 Å². The molecule has 0 spiro atoms. The quantitative estimate of drug-likeness (QED) is 0.468. The molecule has 0 N–H and O–H groups in total. The lowest BCUT2D eigenvalue weighted by atomic mass is 10.1. The molecule has 1 atom stereocenters. The number of nitrogens with zero attached hydrogens (tertiary/aromatic N) is 4. The van der Waals surface area contributed by atoms with E-state index in [1.54, 1.807) is 16.8 Å². The molecular formula is C17H20N4O4. The zero-order valence-electron chi connectivity index (χ0n) is 14.2. The van der Waals surface area contributed by atoms with Gasteiger partial charge < -0.3 is 4.74 Å². The van der Waals surface area contributed by atoms with Crippen LogP contribution >= 0.6 is 0 Å². The number of hydrogen-bond donors (Lipinski definition) is 0. The lowest BCUT2D eigenvalue weighted by Gasteiger charge is -2.15. The summed E-state index contributed by atoms with van der Waals surface area (Å²) >= 11 is 0. The zero-order valence-corrected chi connectivity index (χ0v) is 14.2. The number of nitro benzene ring substituents is 1. The van der Waals surface area contributed by atoms with Crippen molar-refractivity contribution >= 4 is 11.7 Å². The van der Waals surface area contributed by atoms with Gasteiger partial charge >= 0.3 is 5.97 Å². The summed E-state index contributed by atoms with van der Waals surface area (Å²) < 4.78 is 6.56. The van der Waals surface area contributed by atoms with E-state index in [4.69, 9.17) is 4.74 Å². The largest absolute Gasteiger partial charge is 0.469 e. The van der Waals surface area contributed by atoms with Crippen molar-refractivity contribution in [3.05, 3.63) is 46.1 Å². The average molecular weight is 344 g/mol. The highest BCUT2D eigenvalue weighted by Crippen LogP contribution is 2.27. The van der Waals surface area contributed by atoms with E-state index in [1.807, 2.05) is 13.2 Å². The smallest absolute Gasteiger partial charge is 0.310 e. The number of carbonyl (C=O) groups excluding carboxylic acids is 1. The molecule has 1 saturated heterocycles. The molecule has 25 heavy (non-hydrogen) atoms. The summed E-state index contributed by atoms with van der Waals surface area (Å²) in [5.74, 6) is -0.242. The Kier molecular flexibility index (Phi) is 4.80. The number of esters is 1. The van der Waals surface area contributed by atoms with Crippen LogP contribution in [-0.4, -0.2) is 45.8 Å². The number of hydrogen-bond acceptors (Lipinski definition) is 6. The molecule has 8 nitrogen and oxygen atoms in total. The van der Waals surface area contributed by atoms with Crippen molar-refractivity contribution in [2.75, 3.05) is 20.2 Å². The first kappa shape index (κ1) is 17.1. The molecule has 1 aliphatic heterocycles. The number of aromatic nitrogens is 2. The first-order valence-corrected chi connectivity index (χ1v) is 8.05. The molecule has 0 aliphatic carbocycles. The van der Waals surface area contributed by atoms with Gasteiger partial charge in [0.15, 0.2) is 0 Å². The Bertz CT molecular complexity index is 784. The summed E-state index contributed by atoms with van der Waals surface area (Å²) in [6, 6.07) is 6.39. The number of non-ortho nitro benzene ring substituents is 1. The molecule has 1 aliphatic rings. The molecule has 0 unspecified atom stereocenters. The highest BCUT2D eigenvalue weighted by atomic mass is 16.6. The molecular weight excluding hydrogens is 324 g/mol. The molecule has 0 radical (unpaired) electrons. The molecule has 2 aromatic rings. The van der Waals surface area contributed by atoms with Crippen LogP contribution in [0.5, 0.6) is 0 Å². The second-order valence-corrected chi connectivity index (χ2v) is 6.22. The van der Waals surface area contributed by atoms with E-state index in [-0.39, 0.29) is 17.6 Å². The fraction of sp³-hybridized carbons (Fsp3) is 0.412. The first-order chi connectivity index (χ1) is 12.0. The van der Waals surface area contributed by atoms with E-state index >= 15 is 0 Å². The van der Waals surface area contributed by atoms with Gasteiger partial charge in [0.05, 0.1) is 23.6 Å². The van der Waals surface area contributed by atoms with Gasteiger partial charge in [0, 0.05) is 49.6 Å². The average Bonchev–Trinajstić information content (AvgIpc) is 3.21. The van der Waals surface area contributed by atoms with Crippen LogP contribution in [0.3, 0.4) is 0 Å². The van der Waals surface area contributed by atoms with Crippen molar-refractivity contribution in [1.82, 2.24) is 14.7 Å². The van der Waals surface area contributed by atoms with Crippen molar-refractivity contribution in [2.24, 2.45) is 13.0 Å². The van der Waals surface area contributed by atoms with Crippen LogP contribution in [-0.2, 0) is 23.1 Å². The number of benzene rings is 1. The monoisotopic (exact) mass is 344 g/mol. The molecule has 2 heterocycles. The first-order valence-electron chi connectivity index (χ1n) is 8.05. The standard InChI is InChI=1S/C17H20N4O4/c1-19-9-14(11-20-8-7-13(10-20)17(22)25-2)16(18-19)12-3-5-15(6-4-12)21(23)24/h3-6,9,13H,7-8,10-11H2,1-2H3/t13-/m0/s1. The van der Waals surface area contributed by atoms with Crippen LogP contribution in [0.2, 0.25) is 0 Å². The van der Waals surface area contributed by atoms with Crippen molar-refractivity contribution in [2.45, 2.75) is 13.0 Å². The van der Waals surface area contributed by atoms with Crippen LogP contribution in [0.4, 0.5) is 5.69 Å². The molecule has 0 bridgehead atoms. The SMILES string of the molecule is COC(=O)[C@H]1CCN(Cc2cn(C)nc2-c2ccc([N+](=O)[O-])cc2)C1. The summed E-state index contributed by atoms with van der Waals surface area (Å²) in [4.78, 5) is 24.3. The summed E-state index contributed by atoms with van der Waals surface area (Å²) in [7, 11) is 3.26. The highest BCUT2D eigenvalue weighted by Gasteiger charge is 2.29. The van der Waals surface area contributed by atoms with Crippen LogP contribution in [0, 0.1) is 16.0 Å². The molecule has 1 aromatic heterocycles. The van der Waals surface area contributed by atoms with E-state index in [1.165, 1.54) is 19.2 Å². The van der Waals surface area contributed by atoms with E-state index in [2.05, 4.69) is 10.00 Å². The number of methoxy groups -OCH3 is 1. The van der Waals surface area contributed by atoms with Gasteiger partial charge in [0.1, 0.15) is 0 Å². The predicted octanol–water partition coefficient (Wildman–Crippen LogP) is 1.99. The molecule has 0 amide bonds. The van der Waals surface area contributed by atoms with Gasteiger partial charge in [0.25, 0.3) is 5.69 Å². The molecule has 1 aromatic carbocycles. The summed E-state index contributed by atoms with van der Waals surface area (Å²) in [6.07, 6.45) is 2.74. The van der Waals surface area contributed by atoms with Gasteiger partial charge in [-0.15, -0.1) is 0 Å². The number of ether oxygens (including phenoxy) is 1. The van der Waals surface area contributed by atoms with Crippen molar-refractivity contribution in [1.29, 1.82) is 0 Å².